The Hall–Kier alpha value is -2.29. The first-order chi connectivity index (χ1) is 8.75. The van der Waals surface area contributed by atoms with Crippen molar-refractivity contribution in [3.05, 3.63) is 65.5 Å². The number of aliphatic carboxylic acids is 1. The molecule has 3 heteroatoms. The third kappa shape index (κ3) is 1.74. The van der Waals surface area contributed by atoms with E-state index in [4.69, 9.17) is 4.74 Å². The summed E-state index contributed by atoms with van der Waals surface area (Å²) in [4.78, 5) is 11.4. The summed E-state index contributed by atoms with van der Waals surface area (Å²) in [5, 5.41) is 9.36. The second-order valence-electron chi connectivity index (χ2n) is 4.31. The number of ether oxygens (including phenoxy) is 1. The second-order valence-corrected chi connectivity index (χ2v) is 4.31. The normalized spacial score (nSPS) is 20.8. The highest BCUT2D eigenvalue weighted by atomic mass is 16.5. The SMILES string of the molecule is O=C(O)[C@H]1C=C2CC=CC=C2Oc2ccccc21. The van der Waals surface area contributed by atoms with E-state index in [1.165, 1.54) is 0 Å². The molecule has 1 N–H and O–H groups in total. The van der Waals surface area contributed by atoms with Gasteiger partial charge in [0.1, 0.15) is 17.4 Å². The maximum absolute atomic E-state index is 11.4. The van der Waals surface area contributed by atoms with Crippen LogP contribution in [0.5, 0.6) is 5.75 Å². The van der Waals surface area contributed by atoms with Gasteiger partial charge in [0, 0.05) is 5.56 Å². The number of hydrogen-bond acceptors (Lipinski definition) is 2. The maximum Gasteiger partial charge on any atom is 0.315 e. The zero-order valence-electron chi connectivity index (χ0n) is 9.67. The van der Waals surface area contributed by atoms with Crippen molar-refractivity contribution >= 4 is 5.97 Å². The van der Waals surface area contributed by atoms with Crippen LogP contribution in [0.15, 0.2) is 59.9 Å². The molecule has 0 bridgehead atoms. The number of rotatable bonds is 1. The van der Waals surface area contributed by atoms with Crippen molar-refractivity contribution in [2.24, 2.45) is 0 Å². The zero-order valence-corrected chi connectivity index (χ0v) is 9.67. The van der Waals surface area contributed by atoms with Crippen molar-refractivity contribution in [1.82, 2.24) is 0 Å². The molecule has 18 heavy (non-hydrogen) atoms. The van der Waals surface area contributed by atoms with Crippen molar-refractivity contribution in [3.63, 3.8) is 0 Å². The lowest BCUT2D eigenvalue weighted by Gasteiger charge is -2.13. The Labute approximate surface area is 105 Å². The highest BCUT2D eigenvalue weighted by Crippen LogP contribution is 2.37. The number of allylic oxidation sites excluding steroid dienone is 4. The average molecular weight is 240 g/mol. The summed E-state index contributed by atoms with van der Waals surface area (Å²) in [5.41, 5.74) is 1.63. The molecule has 0 radical (unpaired) electrons. The van der Waals surface area contributed by atoms with Gasteiger partial charge in [-0.05, 0) is 24.1 Å². The van der Waals surface area contributed by atoms with E-state index in [1.807, 2.05) is 30.4 Å². The third-order valence-corrected chi connectivity index (χ3v) is 3.15. The van der Waals surface area contributed by atoms with Gasteiger partial charge >= 0.3 is 5.97 Å². The van der Waals surface area contributed by atoms with Crippen molar-refractivity contribution in [2.45, 2.75) is 12.3 Å². The van der Waals surface area contributed by atoms with Crippen LogP contribution in [0.3, 0.4) is 0 Å². The van der Waals surface area contributed by atoms with E-state index in [9.17, 15) is 9.90 Å². The van der Waals surface area contributed by atoms with Gasteiger partial charge in [0.2, 0.25) is 0 Å². The molecule has 0 fully saturated rings. The van der Waals surface area contributed by atoms with Gasteiger partial charge in [-0.2, -0.15) is 0 Å². The minimum atomic E-state index is -0.852. The first-order valence-corrected chi connectivity index (χ1v) is 5.83. The Morgan fingerprint density at radius 2 is 2.17 bits per heavy atom. The standard InChI is InChI=1S/C15H12O3/c16-15(17)12-9-10-5-1-3-7-13(10)18-14-8-4-2-6-11(12)14/h1-4,6-9,12H,5H2,(H,16,17)/t12-/m0/s1. The van der Waals surface area contributed by atoms with Crippen molar-refractivity contribution < 1.29 is 14.6 Å². The lowest BCUT2D eigenvalue weighted by atomic mass is 9.94. The van der Waals surface area contributed by atoms with E-state index in [-0.39, 0.29) is 0 Å². The molecule has 0 saturated carbocycles. The van der Waals surface area contributed by atoms with Gasteiger partial charge in [-0.15, -0.1) is 0 Å². The van der Waals surface area contributed by atoms with E-state index >= 15 is 0 Å². The molecular formula is C15H12O3. The molecule has 0 aromatic heterocycles. The highest BCUT2D eigenvalue weighted by molar-refractivity contribution is 5.80. The molecule has 2 aliphatic rings. The topological polar surface area (TPSA) is 46.5 Å². The van der Waals surface area contributed by atoms with E-state index in [0.29, 0.717) is 17.7 Å². The smallest absolute Gasteiger partial charge is 0.315 e. The van der Waals surface area contributed by atoms with Crippen LogP contribution in [0.2, 0.25) is 0 Å². The molecule has 0 saturated heterocycles. The van der Waals surface area contributed by atoms with Crippen LogP contribution in [0.4, 0.5) is 0 Å². The van der Waals surface area contributed by atoms with Crippen LogP contribution in [-0.4, -0.2) is 11.1 Å². The van der Waals surface area contributed by atoms with Crippen LogP contribution >= 0.6 is 0 Å². The summed E-state index contributed by atoms with van der Waals surface area (Å²) in [6.45, 7) is 0. The quantitative estimate of drug-likeness (QED) is 0.820. The fourth-order valence-corrected chi connectivity index (χ4v) is 2.25. The summed E-state index contributed by atoms with van der Waals surface area (Å²) >= 11 is 0. The average Bonchev–Trinajstić information content (AvgIpc) is 2.55. The van der Waals surface area contributed by atoms with Gasteiger partial charge in [-0.1, -0.05) is 36.4 Å². The molecule has 90 valence electrons. The Kier molecular flexibility index (Phi) is 2.52. The molecule has 1 aliphatic carbocycles. The minimum Gasteiger partial charge on any atom is -0.481 e. The summed E-state index contributed by atoms with van der Waals surface area (Å²) in [6, 6.07) is 7.29. The molecule has 0 amide bonds. The lowest BCUT2D eigenvalue weighted by Crippen LogP contribution is -2.09. The number of carboxylic acids is 1. The first-order valence-electron chi connectivity index (χ1n) is 5.83. The molecule has 3 rings (SSSR count). The number of carbonyl (C=O) groups is 1. The Morgan fingerprint density at radius 1 is 1.33 bits per heavy atom. The van der Waals surface area contributed by atoms with E-state index in [1.54, 1.807) is 18.2 Å². The monoisotopic (exact) mass is 240 g/mol. The highest BCUT2D eigenvalue weighted by Gasteiger charge is 2.26. The van der Waals surface area contributed by atoms with E-state index in [0.717, 1.165) is 11.3 Å². The summed E-state index contributed by atoms with van der Waals surface area (Å²) in [7, 11) is 0. The van der Waals surface area contributed by atoms with Crippen LogP contribution in [0.25, 0.3) is 0 Å². The van der Waals surface area contributed by atoms with E-state index < -0.39 is 11.9 Å². The first kappa shape index (κ1) is 10.8. The second kappa shape index (κ2) is 4.18. The molecule has 0 unspecified atom stereocenters. The van der Waals surface area contributed by atoms with Crippen LogP contribution in [0.1, 0.15) is 17.9 Å². The maximum atomic E-state index is 11.4. The van der Waals surface area contributed by atoms with Crippen LogP contribution in [-0.2, 0) is 4.79 Å². The molecule has 1 aromatic rings. The number of hydrogen-bond donors (Lipinski definition) is 1. The summed E-state index contributed by atoms with van der Waals surface area (Å²) in [5.74, 6) is -0.130. The number of para-hydroxylation sites is 1. The summed E-state index contributed by atoms with van der Waals surface area (Å²) < 4.78 is 5.82. The van der Waals surface area contributed by atoms with Gasteiger partial charge in [-0.3, -0.25) is 4.79 Å². The van der Waals surface area contributed by atoms with Gasteiger partial charge in [-0.25, -0.2) is 0 Å². The number of fused-ring (bicyclic) bond motifs is 2. The van der Waals surface area contributed by atoms with Gasteiger partial charge in [0.25, 0.3) is 0 Å². The van der Waals surface area contributed by atoms with Crippen LogP contribution < -0.4 is 4.74 Å². The van der Waals surface area contributed by atoms with Gasteiger partial charge in [0.05, 0.1) is 0 Å². The van der Waals surface area contributed by atoms with Crippen LogP contribution in [0, 0.1) is 0 Å². The van der Waals surface area contributed by atoms with E-state index in [2.05, 4.69) is 0 Å². The molecule has 1 aromatic carbocycles. The fraction of sp³-hybridized carbons (Fsp3) is 0.133. The molecule has 0 spiro atoms. The Morgan fingerprint density at radius 3 is 3.00 bits per heavy atom. The molecule has 1 aliphatic heterocycles. The van der Waals surface area contributed by atoms with Gasteiger partial charge in [0.15, 0.2) is 0 Å². The third-order valence-electron chi connectivity index (χ3n) is 3.15. The predicted molar refractivity (Wildman–Crippen MR) is 67.4 cm³/mol. The van der Waals surface area contributed by atoms with Crippen molar-refractivity contribution in [2.75, 3.05) is 0 Å². The molecule has 3 nitrogen and oxygen atoms in total. The molecular weight excluding hydrogens is 228 g/mol. The zero-order chi connectivity index (χ0) is 12.5. The molecule has 1 atom stereocenters. The van der Waals surface area contributed by atoms with Gasteiger partial charge < -0.3 is 9.84 Å². The lowest BCUT2D eigenvalue weighted by molar-refractivity contribution is -0.137. The summed E-state index contributed by atoms with van der Waals surface area (Å²) in [6.07, 6.45) is 8.29. The van der Waals surface area contributed by atoms with Crippen molar-refractivity contribution in [3.8, 4) is 5.75 Å². The minimum absolute atomic E-state index is 0.623. The largest absolute Gasteiger partial charge is 0.481 e. The fourth-order valence-electron chi connectivity index (χ4n) is 2.25. The predicted octanol–water partition coefficient (Wildman–Crippen LogP) is 3.02. The number of benzene rings is 1. The van der Waals surface area contributed by atoms with Crippen molar-refractivity contribution in [1.29, 1.82) is 0 Å². The Balaban J connectivity index is 2.17. The number of carboxylic acid groups (broad SMARTS) is 1. The Bertz CT molecular complexity index is 594. The molecule has 1 heterocycles.